The van der Waals surface area contributed by atoms with Gasteiger partial charge >= 0.3 is 0 Å². The Balaban J connectivity index is 1.64. The van der Waals surface area contributed by atoms with Gasteiger partial charge in [-0.2, -0.15) is 0 Å². The highest BCUT2D eigenvalue weighted by Crippen LogP contribution is 2.21. The maximum atomic E-state index is 13.1. The van der Waals surface area contributed by atoms with E-state index in [-0.39, 0.29) is 11.9 Å². The largest absolute Gasteiger partial charge is 0.330 e. The SMILES string of the molecule is O=C(c1ccccc1)N(Cc1ccc2ccccc2c1)C1CCNC1. The number of carbonyl (C=O) groups excluding carboxylic acids is 1. The van der Waals surface area contributed by atoms with Crippen molar-refractivity contribution in [3.8, 4) is 0 Å². The molecule has 1 fully saturated rings. The molecule has 3 aromatic rings. The first-order chi connectivity index (χ1) is 12.3. The van der Waals surface area contributed by atoms with Crippen molar-refractivity contribution in [2.75, 3.05) is 13.1 Å². The zero-order chi connectivity index (χ0) is 17.1. The molecule has 0 spiro atoms. The fourth-order valence-corrected chi connectivity index (χ4v) is 3.55. The second-order valence-corrected chi connectivity index (χ2v) is 6.63. The van der Waals surface area contributed by atoms with Gasteiger partial charge in [-0.1, -0.05) is 54.6 Å². The van der Waals surface area contributed by atoms with Crippen molar-refractivity contribution in [1.29, 1.82) is 0 Å². The Morgan fingerprint density at radius 3 is 2.48 bits per heavy atom. The molecule has 1 heterocycles. The lowest BCUT2D eigenvalue weighted by molar-refractivity contribution is 0.0676. The third kappa shape index (κ3) is 3.42. The van der Waals surface area contributed by atoms with Crippen LogP contribution in [0.2, 0.25) is 0 Å². The normalized spacial score (nSPS) is 16.9. The highest BCUT2D eigenvalue weighted by atomic mass is 16.2. The summed E-state index contributed by atoms with van der Waals surface area (Å²) in [7, 11) is 0. The third-order valence-corrected chi connectivity index (χ3v) is 4.92. The molecule has 0 aliphatic carbocycles. The predicted molar refractivity (Wildman–Crippen MR) is 102 cm³/mol. The molecular weight excluding hydrogens is 308 g/mol. The Morgan fingerprint density at radius 1 is 0.960 bits per heavy atom. The zero-order valence-corrected chi connectivity index (χ0v) is 14.2. The quantitative estimate of drug-likeness (QED) is 0.788. The minimum absolute atomic E-state index is 0.113. The lowest BCUT2D eigenvalue weighted by Gasteiger charge is -2.29. The number of carbonyl (C=O) groups is 1. The monoisotopic (exact) mass is 330 g/mol. The minimum atomic E-state index is 0.113. The molecule has 1 saturated heterocycles. The molecule has 1 aliphatic rings. The topological polar surface area (TPSA) is 32.3 Å². The van der Waals surface area contributed by atoms with Crippen molar-refractivity contribution >= 4 is 16.7 Å². The molecule has 3 nitrogen and oxygen atoms in total. The lowest BCUT2D eigenvalue weighted by Crippen LogP contribution is -2.41. The number of fused-ring (bicyclic) bond motifs is 1. The van der Waals surface area contributed by atoms with E-state index in [0.29, 0.717) is 6.54 Å². The van der Waals surface area contributed by atoms with Crippen LogP contribution in [0.15, 0.2) is 72.8 Å². The molecule has 1 aliphatic heterocycles. The summed E-state index contributed by atoms with van der Waals surface area (Å²) in [6, 6.07) is 24.7. The Hall–Kier alpha value is -2.65. The molecule has 0 bridgehead atoms. The van der Waals surface area contributed by atoms with Gasteiger partial charge in [-0.15, -0.1) is 0 Å². The maximum absolute atomic E-state index is 13.1. The van der Waals surface area contributed by atoms with Crippen LogP contribution in [0, 0.1) is 0 Å². The molecule has 3 heteroatoms. The van der Waals surface area contributed by atoms with Crippen molar-refractivity contribution in [1.82, 2.24) is 10.2 Å². The molecule has 0 aromatic heterocycles. The Bertz CT molecular complexity index is 869. The lowest BCUT2D eigenvalue weighted by atomic mass is 10.0. The van der Waals surface area contributed by atoms with Crippen LogP contribution in [0.25, 0.3) is 10.8 Å². The Morgan fingerprint density at radius 2 is 1.72 bits per heavy atom. The van der Waals surface area contributed by atoms with E-state index >= 15 is 0 Å². The highest BCUT2D eigenvalue weighted by Gasteiger charge is 2.27. The molecule has 1 atom stereocenters. The minimum Gasteiger partial charge on any atom is -0.330 e. The summed E-state index contributed by atoms with van der Waals surface area (Å²) in [6.45, 7) is 2.48. The van der Waals surface area contributed by atoms with Crippen LogP contribution >= 0.6 is 0 Å². The molecule has 3 aromatic carbocycles. The van der Waals surface area contributed by atoms with E-state index in [1.807, 2.05) is 35.2 Å². The number of hydrogen-bond acceptors (Lipinski definition) is 2. The molecule has 0 saturated carbocycles. The number of amides is 1. The van der Waals surface area contributed by atoms with Gasteiger partial charge in [-0.25, -0.2) is 0 Å². The van der Waals surface area contributed by atoms with E-state index in [1.54, 1.807) is 0 Å². The van der Waals surface area contributed by atoms with Crippen molar-refractivity contribution < 1.29 is 4.79 Å². The van der Waals surface area contributed by atoms with E-state index < -0.39 is 0 Å². The van der Waals surface area contributed by atoms with Crippen molar-refractivity contribution in [3.63, 3.8) is 0 Å². The maximum Gasteiger partial charge on any atom is 0.254 e. The van der Waals surface area contributed by atoms with Gasteiger partial charge < -0.3 is 10.2 Å². The smallest absolute Gasteiger partial charge is 0.254 e. The molecular formula is C22H22N2O. The van der Waals surface area contributed by atoms with Crippen LogP contribution in [0.1, 0.15) is 22.3 Å². The number of rotatable bonds is 4. The molecule has 1 unspecified atom stereocenters. The summed E-state index contributed by atoms with van der Waals surface area (Å²) >= 11 is 0. The summed E-state index contributed by atoms with van der Waals surface area (Å²) < 4.78 is 0. The van der Waals surface area contributed by atoms with E-state index in [0.717, 1.165) is 25.1 Å². The number of nitrogens with zero attached hydrogens (tertiary/aromatic N) is 1. The molecule has 4 rings (SSSR count). The third-order valence-electron chi connectivity index (χ3n) is 4.92. The van der Waals surface area contributed by atoms with Crippen LogP contribution in [0.5, 0.6) is 0 Å². The van der Waals surface area contributed by atoms with Gasteiger partial charge in [0, 0.05) is 24.7 Å². The van der Waals surface area contributed by atoms with Gasteiger partial charge in [0.1, 0.15) is 0 Å². The summed E-state index contributed by atoms with van der Waals surface area (Å²) in [5.41, 5.74) is 1.94. The van der Waals surface area contributed by atoms with Gasteiger partial charge in [0.25, 0.3) is 5.91 Å². The van der Waals surface area contributed by atoms with E-state index in [1.165, 1.54) is 16.3 Å². The van der Waals surface area contributed by atoms with Gasteiger partial charge in [0.2, 0.25) is 0 Å². The van der Waals surface area contributed by atoms with Crippen LogP contribution in [-0.4, -0.2) is 29.9 Å². The van der Waals surface area contributed by atoms with Crippen molar-refractivity contribution in [2.45, 2.75) is 19.0 Å². The average molecular weight is 330 g/mol. The van der Waals surface area contributed by atoms with Gasteiger partial charge in [-0.3, -0.25) is 4.79 Å². The van der Waals surface area contributed by atoms with E-state index in [2.05, 4.69) is 47.8 Å². The fraction of sp³-hybridized carbons (Fsp3) is 0.227. The molecule has 1 N–H and O–H groups in total. The molecule has 126 valence electrons. The Labute approximate surface area is 148 Å². The summed E-state index contributed by atoms with van der Waals surface area (Å²) in [5, 5.41) is 5.83. The van der Waals surface area contributed by atoms with Crippen molar-refractivity contribution in [2.24, 2.45) is 0 Å². The summed E-state index contributed by atoms with van der Waals surface area (Å²) in [4.78, 5) is 15.1. The summed E-state index contributed by atoms with van der Waals surface area (Å²) in [5.74, 6) is 0.113. The standard InChI is InChI=1S/C22H22N2O/c25-22(19-7-2-1-3-8-19)24(21-12-13-23-15-21)16-17-10-11-18-6-4-5-9-20(18)14-17/h1-11,14,21,23H,12-13,15-16H2. The predicted octanol–water partition coefficient (Wildman–Crippen LogP) is 3.84. The molecule has 25 heavy (non-hydrogen) atoms. The van der Waals surface area contributed by atoms with Crippen LogP contribution in [0.4, 0.5) is 0 Å². The average Bonchev–Trinajstić information content (AvgIpc) is 3.20. The Kier molecular flexibility index (Phi) is 4.49. The van der Waals surface area contributed by atoms with Gasteiger partial charge in [0.05, 0.1) is 0 Å². The van der Waals surface area contributed by atoms with Crippen LogP contribution in [-0.2, 0) is 6.54 Å². The molecule has 0 radical (unpaired) electrons. The fourth-order valence-electron chi connectivity index (χ4n) is 3.55. The van der Waals surface area contributed by atoms with Crippen molar-refractivity contribution in [3.05, 3.63) is 83.9 Å². The van der Waals surface area contributed by atoms with Crippen LogP contribution in [0.3, 0.4) is 0 Å². The number of benzene rings is 3. The van der Waals surface area contributed by atoms with E-state index in [9.17, 15) is 4.79 Å². The van der Waals surface area contributed by atoms with Crippen LogP contribution < -0.4 is 5.32 Å². The summed E-state index contributed by atoms with van der Waals surface area (Å²) in [6.07, 6.45) is 1.01. The molecule has 1 amide bonds. The van der Waals surface area contributed by atoms with Gasteiger partial charge in [-0.05, 0) is 47.5 Å². The first-order valence-corrected chi connectivity index (χ1v) is 8.86. The first kappa shape index (κ1) is 15.9. The first-order valence-electron chi connectivity index (χ1n) is 8.86. The second kappa shape index (κ2) is 7.08. The number of nitrogens with one attached hydrogen (secondary N) is 1. The highest BCUT2D eigenvalue weighted by molar-refractivity contribution is 5.94. The van der Waals surface area contributed by atoms with E-state index in [4.69, 9.17) is 0 Å². The number of hydrogen-bond donors (Lipinski definition) is 1. The van der Waals surface area contributed by atoms with Gasteiger partial charge in [0.15, 0.2) is 0 Å². The zero-order valence-electron chi connectivity index (χ0n) is 14.2. The second-order valence-electron chi connectivity index (χ2n) is 6.63.